The highest BCUT2D eigenvalue weighted by atomic mass is 19.4. The molecule has 0 aliphatic heterocycles. The lowest BCUT2D eigenvalue weighted by Crippen LogP contribution is -2.46. The molecule has 6 heteroatoms. The van der Waals surface area contributed by atoms with Crippen LogP contribution in [-0.2, 0) is 5.67 Å². The number of halogens is 5. The van der Waals surface area contributed by atoms with Gasteiger partial charge in [0.1, 0.15) is 5.82 Å². The van der Waals surface area contributed by atoms with Crippen LogP contribution in [0, 0.1) is 5.82 Å². The summed E-state index contributed by atoms with van der Waals surface area (Å²) in [5.41, 5.74) is -4.72. The molecule has 1 atom stereocenters. The molecule has 0 fully saturated rings. The Morgan fingerprint density at radius 1 is 1.12 bits per heavy atom. The van der Waals surface area contributed by atoms with Crippen LogP contribution in [0.3, 0.4) is 0 Å². The highest BCUT2D eigenvalue weighted by Gasteiger charge is 2.57. The highest BCUT2D eigenvalue weighted by Crippen LogP contribution is 2.42. The van der Waals surface area contributed by atoms with E-state index in [1.165, 1.54) is 13.1 Å². The molecular formula is C10H10F5N. The van der Waals surface area contributed by atoms with Crippen LogP contribution in [-0.4, -0.2) is 19.8 Å². The first-order valence-corrected chi connectivity index (χ1v) is 4.48. The molecule has 1 aromatic rings. The van der Waals surface area contributed by atoms with E-state index in [0.717, 1.165) is 18.2 Å². The SMILES string of the molecule is CNCC(F)(c1ccccc1F)C(F)(F)F. The summed E-state index contributed by atoms with van der Waals surface area (Å²) in [5, 5.41) is 2.08. The van der Waals surface area contributed by atoms with Crippen molar-refractivity contribution in [2.24, 2.45) is 0 Å². The monoisotopic (exact) mass is 239 g/mol. The minimum absolute atomic E-state index is 0.792. The molecule has 0 radical (unpaired) electrons. The Balaban J connectivity index is 3.28. The minimum Gasteiger partial charge on any atom is -0.316 e. The summed E-state index contributed by atoms with van der Waals surface area (Å²) in [5.74, 6) is -1.21. The van der Waals surface area contributed by atoms with E-state index in [4.69, 9.17) is 0 Å². The summed E-state index contributed by atoms with van der Waals surface area (Å²) in [6.07, 6.45) is -5.17. The molecule has 0 saturated carbocycles. The normalized spacial score (nSPS) is 15.9. The zero-order valence-corrected chi connectivity index (χ0v) is 8.41. The quantitative estimate of drug-likeness (QED) is 0.800. The van der Waals surface area contributed by atoms with Gasteiger partial charge in [-0.1, -0.05) is 18.2 Å². The number of alkyl halides is 4. The molecule has 1 rings (SSSR count). The van der Waals surface area contributed by atoms with Crippen molar-refractivity contribution in [2.45, 2.75) is 11.8 Å². The average Bonchev–Trinajstić information content (AvgIpc) is 2.16. The van der Waals surface area contributed by atoms with E-state index in [2.05, 4.69) is 5.32 Å². The van der Waals surface area contributed by atoms with Crippen molar-refractivity contribution < 1.29 is 22.0 Å². The Labute approximate surface area is 89.3 Å². The number of benzene rings is 1. The Bertz CT molecular complexity index is 362. The second kappa shape index (κ2) is 4.37. The van der Waals surface area contributed by atoms with Gasteiger partial charge in [0.05, 0.1) is 0 Å². The van der Waals surface area contributed by atoms with E-state index in [1.807, 2.05) is 0 Å². The van der Waals surface area contributed by atoms with Crippen LogP contribution in [0.25, 0.3) is 0 Å². The standard InChI is InChI=1S/C10H10F5N/c1-16-6-9(12,10(13,14)15)7-4-2-3-5-8(7)11/h2-5,16H,6H2,1H3. The third kappa shape index (κ3) is 2.16. The van der Waals surface area contributed by atoms with E-state index in [0.29, 0.717) is 0 Å². The summed E-state index contributed by atoms with van der Waals surface area (Å²) in [7, 11) is 1.17. The maximum Gasteiger partial charge on any atom is 0.428 e. The topological polar surface area (TPSA) is 12.0 Å². The Kier molecular flexibility index (Phi) is 3.52. The van der Waals surface area contributed by atoms with Gasteiger partial charge in [-0.15, -0.1) is 0 Å². The first-order valence-electron chi connectivity index (χ1n) is 4.48. The molecule has 1 N–H and O–H groups in total. The van der Waals surface area contributed by atoms with Gasteiger partial charge in [0.2, 0.25) is 5.67 Å². The first kappa shape index (κ1) is 12.9. The van der Waals surface area contributed by atoms with Crippen LogP contribution in [0.1, 0.15) is 5.56 Å². The molecule has 0 amide bonds. The molecule has 0 bridgehead atoms. The molecule has 0 spiro atoms. The number of rotatable bonds is 3. The van der Waals surface area contributed by atoms with Gasteiger partial charge >= 0.3 is 6.18 Å². The van der Waals surface area contributed by atoms with Crippen molar-refractivity contribution in [3.8, 4) is 0 Å². The van der Waals surface area contributed by atoms with Crippen LogP contribution in [0.5, 0.6) is 0 Å². The lowest BCUT2D eigenvalue weighted by molar-refractivity contribution is -0.234. The predicted octanol–water partition coefficient (Wildman–Crippen LogP) is 2.77. The van der Waals surface area contributed by atoms with Crippen LogP contribution in [0.15, 0.2) is 24.3 Å². The van der Waals surface area contributed by atoms with Gasteiger partial charge in [-0.2, -0.15) is 13.2 Å². The molecule has 0 heterocycles. The molecule has 0 aromatic heterocycles. The van der Waals surface area contributed by atoms with Crippen molar-refractivity contribution in [2.75, 3.05) is 13.6 Å². The second-order valence-corrected chi connectivity index (χ2v) is 3.31. The number of nitrogens with one attached hydrogen (secondary N) is 1. The smallest absolute Gasteiger partial charge is 0.316 e. The van der Waals surface area contributed by atoms with Gasteiger partial charge in [-0.25, -0.2) is 8.78 Å². The van der Waals surface area contributed by atoms with Crippen LogP contribution in [0.4, 0.5) is 22.0 Å². The molecule has 1 aromatic carbocycles. The average molecular weight is 239 g/mol. The number of hydrogen-bond acceptors (Lipinski definition) is 1. The van der Waals surface area contributed by atoms with Crippen LogP contribution in [0.2, 0.25) is 0 Å². The summed E-state index contributed by atoms with van der Waals surface area (Å²) in [6.45, 7) is -1.03. The fourth-order valence-corrected chi connectivity index (χ4v) is 1.37. The maximum absolute atomic E-state index is 13.9. The fourth-order valence-electron chi connectivity index (χ4n) is 1.37. The Morgan fingerprint density at radius 3 is 2.12 bits per heavy atom. The Hall–Kier alpha value is -1.17. The van der Waals surface area contributed by atoms with Crippen molar-refractivity contribution in [3.63, 3.8) is 0 Å². The molecule has 0 aliphatic rings. The fraction of sp³-hybridized carbons (Fsp3) is 0.400. The molecule has 1 unspecified atom stereocenters. The molecule has 90 valence electrons. The zero-order valence-electron chi connectivity index (χ0n) is 8.41. The number of hydrogen-bond donors (Lipinski definition) is 1. The van der Waals surface area contributed by atoms with E-state index in [-0.39, 0.29) is 0 Å². The third-order valence-corrected chi connectivity index (χ3v) is 2.17. The third-order valence-electron chi connectivity index (χ3n) is 2.17. The predicted molar refractivity (Wildman–Crippen MR) is 49.2 cm³/mol. The Morgan fingerprint density at radius 2 is 1.69 bits per heavy atom. The minimum atomic E-state index is -5.17. The summed E-state index contributed by atoms with van der Waals surface area (Å²) in [6, 6.07) is 3.95. The van der Waals surface area contributed by atoms with Crippen molar-refractivity contribution in [1.82, 2.24) is 5.32 Å². The summed E-state index contributed by atoms with van der Waals surface area (Å²) < 4.78 is 64.8. The van der Waals surface area contributed by atoms with Crippen LogP contribution < -0.4 is 5.32 Å². The van der Waals surface area contributed by atoms with E-state index in [9.17, 15) is 22.0 Å². The van der Waals surface area contributed by atoms with Crippen molar-refractivity contribution in [1.29, 1.82) is 0 Å². The largest absolute Gasteiger partial charge is 0.428 e. The van der Waals surface area contributed by atoms with E-state index in [1.54, 1.807) is 0 Å². The number of likely N-dealkylation sites (N-methyl/N-ethyl adjacent to an activating group) is 1. The zero-order chi connectivity index (χ0) is 12.4. The van der Waals surface area contributed by atoms with Crippen LogP contribution >= 0.6 is 0 Å². The maximum atomic E-state index is 13.9. The first-order chi connectivity index (χ1) is 7.33. The van der Waals surface area contributed by atoms with Gasteiger partial charge in [0.15, 0.2) is 0 Å². The lowest BCUT2D eigenvalue weighted by atomic mass is 9.94. The molecular weight excluding hydrogens is 229 g/mol. The van der Waals surface area contributed by atoms with Gasteiger partial charge in [0, 0.05) is 12.1 Å². The molecule has 1 nitrogen and oxygen atoms in total. The molecule has 0 saturated heterocycles. The van der Waals surface area contributed by atoms with Crippen molar-refractivity contribution >= 4 is 0 Å². The van der Waals surface area contributed by atoms with Gasteiger partial charge in [-0.3, -0.25) is 0 Å². The lowest BCUT2D eigenvalue weighted by Gasteiger charge is -2.28. The van der Waals surface area contributed by atoms with Gasteiger partial charge in [0.25, 0.3) is 0 Å². The van der Waals surface area contributed by atoms with Gasteiger partial charge in [-0.05, 0) is 13.1 Å². The molecule has 0 aliphatic carbocycles. The highest BCUT2D eigenvalue weighted by molar-refractivity contribution is 5.26. The molecule has 16 heavy (non-hydrogen) atoms. The van der Waals surface area contributed by atoms with E-state index < -0.39 is 29.8 Å². The summed E-state index contributed by atoms with van der Waals surface area (Å²) in [4.78, 5) is 0. The van der Waals surface area contributed by atoms with E-state index >= 15 is 0 Å². The summed E-state index contributed by atoms with van der Waals surface area (Å²) >= 11 is 0. The second-order valence-electron chi connectivity index (χ2n) is 3.31. The van der Waals surface area contributed by atoms with Crippen molar-refractivity contribution in [3.05, 3.63) is 35.6 Å². The van der Waals surface area contributed by atoms with Gasteiger partial charge < -0.3 is 5.32 Å².